The van der Waals surface area contributed by atoms with E-state index in [9.17, 15) is 13.2 Å². The summed E-state index contributed by atoms with van der Waals surface area (Å²) in [5.41, 5.74) is 1.26. The smallest absolute Gasteiger partial charge is 0.268 e. The van der Waals surface area contributed by atoms with Crippen molar-refractivity contribution in [2.45, 2.75) is 58.4 Å². The molecule has 0 spiro atoms. The van der Waals surface area contributed by atoms with Crippen molar-refractivity contribution in [2.24, 2.45) is 11.8 Å². The van der Waals surface area contributed by atoms with Crippen LogP contribution in [0.3, 0.4) is 0 Å². The second-order valence-electron chi connectivity index (χ2n) is 7.02. The molecule has 0 aromatic carbocycles. The molecule has 1 N–H and O–H groups in total. The van der Waals surface area contributed by atoms with Gasteiger partial charge >= 0.3 is 0 Å². The van der Waals surface area contributed by atoms with Crippen LogP contribution >= 0.6 is 0 Å². The van der Waals surface area contributed by atoms with E-state index in [-0.39, 0.29) is 5.75 Å². The number of aromatic nitrogens is 2. The van der Waals surface area contributed by atoms with Gasteiger partial charge in [0.25, 0.3) is 5.91 Å². The fraction of sp³-hybridized carbons (Fsp3) is 0.750. The molecule has 1 aliphatic carbocycles. The summed E-state index contributed by atoms with van der Waals surface area (Å²) in [5, 5.41) is 4.21. The van der Waals surface area contributed by atoms with Gasteiger partial charge in [0, 0.05) is 6.54 Å². The molecule has 1 amide bonds. The monoisotopic (exact) mass is 339 g/mol. The van der Waals surface area contributed by atoms with Gasteiger partial charge in [-0.1, -0.05) is 32.6 Å². The van der Waals surface area contributed by atoms with E-state index in [4.69, 9.17) is 0 Å². The average Bonchev–Trinajstić information content (AvgIpc) is 3.13. The number of sulfonamides is 1. The summed E-state index contributed by atoms with van der Waals surface area (Å²) in [6.45, 7) is 2.93. The Morgan fingerprint density at radius 2 is 2.09 bits per heavy atom. The van der Waals surface area contributed by atoms with Crippen LogP contribution in [0.4, 0.5) is 0 Å². The summed E-state index contributed by atoms with van der Waals surface area (Å²) in [5.74, 6) is 0.478. The fourth-order valence-electron chi connectivity index (χ4n) is 3.65. The largest absolute Gasteiger partial charge is 0.269 e. The van der Waals surface area contributed by atoms with Crippen molar-refractivity contribution < 1.29 is 13.2 Å². The molecule has 1 saturated carbocycles. The molecule has 3 rings (SSSR count). The first-order valence-electron chi connectivity index (χ1n) is 8.54. The summed E-state index contributed by atoms with van der Waals surface area (Å²) in [6, 6.07) is 0. The van der Waals surface area contributed by atoms with E-state index < -0.39 is 15.9 Å². The molecule has 2 aliphatic rings. The van der Waals surface area contributed by atoms with E-state index in [1.165, 1.54) is 19.0 Å². The lowest BCUT2D eigenvalue weighted by Gasteiger charge is -2.20. The van der Waals surface area contributed by atoms with Crippen molar-refractivity contribution in [3.63, 3.8) is 0 Å². The lowest BCUT2D eigenvalue weighted by Crippen LogP contribution is -2.34. The quantitative estimate of drug-likeness (QED) is 0.891. The third kappa shape index (κ3) is 3.94. The van der Waals surface area contributed by atoms with Crippen molar-refractivity contribution in [3.05, 3.63) is 17.5 Å². The molecule has 2 heterocycles. The van der Waals surface area contributed by atoms with Gasteiger partial charge in [0.2, 0.25) is 10.0 Å². The third-order valence-corrected chi connectivity index (χ3v) is 6.36. The third-order valence-electron chi connectivity index (χ3n) is 5.09. The Labute approximate surface area is 137 Å². The number of hydrogen-bond acceptors (Lipinski definition) is 4. The normalized spacial score (nSPS) is 22.0. The minimum atomic E-state index is -3.57. The predicted octanol–water partition coefficient (Wildman–Crippen LogP) is 2.11. The van der Waals surface area contributed by atoms with E-state index in [2.05, 4.69) is 16.7 Å². The Morgan fingerprint density at radius 3 is 2.83 bits per heavy atom. The van der Waals surface area contributed by atoms with Crippen LogP contribution < -0.4 is 4.72 Å². The summed E-state index contributed by atoms with van der Waals surface area (Å²) in [4.78, 5) is 12.4. The molecule has 1 fully saturated rings. The highest BCUT2D eigenvalue weighted by atomic mass is 32.2. The topological polar surface area (TPSA) is 81.1 Å². The van der Waals surface area contributed by atoms with Gasteiger partial charge in [-0.25, -0.2) is 13.1 Å². The molecule has 0 saturated heterocycles. The number of amides is 1. The molecule has 1 unspecified atom stereocenters. The Morgan fingerprint density at radius 1 is 1.35 bits per heavy atom. The molecule has 1 aliphatic heterocycles. The maximum atomic E-state index is 12.4. The number of rotatable bonds is 5. The van der Waals surface area contributed by atoms with Crippen molar-refractivity contribution in [1.82, 2.24) is 14.5 Å². The number of aryl methyl sites for hydroxylation is 1. The summed E-state index contributed by atoms with van der Waals surface area (Å²) in [6.07, 6.45) is 8.55. The van der Waals surface area contributed by atoms with E-state index in [1.54, 1.807) is 0 Å². The highest BCUT2D eigenvalue weighted by Crippen LogP contribution is 2.28. The number of carbonyl (C=O) groups excluding carboxylic acids is 1. The maximum absolute atomic E-state index is 12.4. The fourth-order valence-corrected chi connectivity index (χ4v) is 4.79. The van der Waals surface area contributed by atoms with Gasteiger partial charge in [0.05, 0.1) is 23.2 Å². The van der Waals surface area contributed by atoms with Crippen LogP contribution in [0, 0.1) is 11.8 Å². The predicted molar refractivity (Wildman–Crippen MR) is 87.5 cm³/mol. The van der Waals surface area contributed by atoms with Crippen LogP contribution in [0.5, 0.6) is 0 Å². The van der Waals surface area contributed by atoms with Gasteiger partial charge in [-0.3, -0.25) is 9.48 Å². The van der Waals surface area contributed by atoms with Crippen molar-refractivity contribution in [1.29, 1.82) is 0 Å². The first-order valence-corrected chi connectivity index (χ1v) is 10.2. The first kappa shape index (κ1) is 16.5. The highest BCUT2D eigenvalue weighted by Gasteiger charge is 2.26. The van der Waals surface area contributed by atoms with Gasteiger partial charge < -0.3 is 0 Å². The summed E-state index contributed by atoms with van der Waals surface area (Å²) in [7, 11) is -3.57. The highest BCUT2D eigenvalue weighted by molar-refractivity contribution is 7.90. The Kier molecular flexibility index (Phi) is 4.75. The zero-order valence-electron chi connectivity index (χ0n) is 13.6. The van der Waals surface area contributed by atoms with Crippen LogP contribution in [-0.4, -0.2) is 29.9 Å². The van der Waals surface area contributed by atoms with Crippen molar-refractivity contribution in [2.75, 3.05) is 5.75 Å². The zero-order chi connectivity index (χ0) is 16.4. The molecular formula is C16H25N3O3S. The molecule has 128 valence electrons. The Balaban J connectivity index is 1.63. The number of fused-ring (bicyclic) bond motifs is 1. The van der Waals surface area contributed by atoms with Gasteiger partial charge in [-0.2, -0.15) is 5.10 Å². The lowest BCUT2D eigenvalue weighted by molar-refractivity contribution is 0.0979. The standard InChI is InChI=1S/C16H25N3O3S/c1-12-6-8-19-15(10-12)14(11-17-19)16(20)18-23(21,22)9-7-13-4-2-3-5-13/h11-13H,2-10H2,1H3,(H,18,20). The van der Waals surface area contributed by atoms with Crippen LogP contribution in [-0.2, 0) is 23.0 Å². The average molecular weight is 339 g/mol. The Hall–Kier alpha value is -1.37. The lowest BCUT2D eigenvalue weighted by atomic mass is 9.96. The van der Waals surface area contributed by atoms with E-state index in [1.807, 2.05) is 4.68 Å². The molecule has 6 nitrogen and oxygen atoms in total. The minimum absolute atomic E-state index is 0.0310. The molecule has 1 atom stereocenters. The molecule has 0 bridgehead atoms. The molecule has 1 aromatic rings. The van der Waals surface area contributed by atoms with Crippen molar-refractivity contribution >= 4 is 15.9 Å². The zero-order valence-corrected chi connectivity index (χ0v) is 14.4. The second kappa shape index (κ2) is 6.63. The van der Waals surface area contributed by atoms with Gasteiger partial charge in [0.1, 0.15) is 0 Å². The van der Waals surface area contributed by atoms with Gasteiger partial charge in [0.15, 0.2) is 0 Å². The van der Waals surface area contributed by atoms with E-state index >= 15 is 0 Å². The number of nitrogens with zero attached hydrogens (tertiary/aromatic N) is 2. The van der Waals surface area contributed by atoms with Crippen LogP contribution in [0.2, 0.25) is 0 Å². The van der Waals surface area contributed by atoms with Crippen LogP contribution in [0.15, 0.2) is 6.20 Å². The van der Waals surface area contributed by atoms with E-state index in [0.29, 0.717) is 23.8 Å². The van der Waals surface area contributed by atoms with E-state index in [0.717, 1.165) is 37.9 Å². The van der Waals surface area contributed by atoms with Gasteiger partial charge in [-0.15, -0.1) is 0 Å². The van der Waals surface area contributed by atoms with Gasteiger partial charge in [-0.05, 0) is 31.1 Å². The summed E-state index contributed by atoms with van der Waals surface area (Å²) >= 11 is 0. The van der Waals surface area contributed by atoms with Crippen molar-refractivity contribution in [3.8, 4) is 0 Å². The first-order chi connectivity index (χ1) is 10.9. The SMILES string of the molecule is CC1CCn2ncc(C(=O)NS(=O)(=O)CCC3CCCC3)c2C1. The number of carbonyl (C=O) groups is 1. The molecule has 23 heavy (non-hydrogen) atoms. The second-order valence-corrected chi connectivity index (χ2v) is 8.86. The number of hydrogen-bond donors (Lipinski definition) is 1. The van der Waals surface area contributed by atoms with Crippen LogP contribution in [0.25, 0.3) is 0 Å². The maximum Gasteiger partial charge on any atom is 0.268 e. The molecular weight excluding hydrogens is 314 g/mol. The molecule has 0 radical (unpaired) electrons. The minimum Gasteiger partial charge on any atom is -0.269 e. The number of nitrogens with one attached hydrogen (secondary N) is 1. The van der Waals surface area contributed by atoms with Crippen LogP contribution in [0.1, 0.15) is 61.5 Å². The molecule has 1 aromatic heterocycles. The Bertz CT molecular complexity index is 675. The molecule has 7 heteroatoms. The summed E-state index contributed by atoms with van der Waals surface area (Å²) < 4.78 is 28.4.